The smallest absolute Gasteiger partial charge is 0.279 e. The summed E-state index contributed by atoms with van der Waals surface area (Å²) in [5.41, 5.74) is 0. The number of piperidine rings is 1. The van der Waals surface area contributed by atoms with E-state index < -0.39 is 16.3 Å². The number of aliphatic hydroxyl groups is 1. The number of nitrogens with zero attached hydrogens (tertiary/aromatic N) is 1. The van der Waals surface area contributed by atoms with Crippen LogP contribution in [0.25, 0.3) is 0 Å². The molecule has 1 fully saturated rings. The van der Waals surface area contributed by atoms with Crippen molar-refractivity contribution in [3.05, 3.63) is 0 Å². The average molecular weight is 250 g/mol. The van der Waals surface area contributed by atoms with Gasteiger partial charge in [0.05, 0.1) is 6.10 Å². The van der Waals surface area contributed by atoms with E-state index in [2.05, 4.69) is 11.6 Å². The fourth-order valence-electron chi connectivity index (χ4n) is 1.66. The van der Waals surface area contributed by atoms with Gasteiger partial charge in [-0.15, -0.1) is 0 Å². The Balaban J connectivity index is 2.44. The lowest BCUT2D eigenvalue weighted by molar-refractivity contribution is 0.173. The predicted octanol–water partition coefficient (Wildman–Crippen LogP) is 0.324. The van der Waals surface area contributed by atoms with Crippen LogP contribution >= 0.6 is 0 Å². The predicted molar refractivity (Wildman–Crippen MR) is 63.2 cm³/mol. The van der Waals surface area contributed by atoms with E-state index in [4.69, 9.17) is 0 Å². The van der Waals surface area contributed by atoms with Crippen molar-refractivity contribution >= 4 is 10.2 Å². The molecule has 1 unspecified atom stereocenters. The molecule has 1 aliphatic heterocycles. The van der Waals surface area contributed by atoms with E-state index in [0.717, 1.165) is 12.8 Å². The average Bonchev–Trinajstić information content (AvgIpc) is 2.26. The molecule has 0 radical (unpaired) electrons. The van der Waals surface area contributed by atoms with Crippen LogP contribution in [0.3, 0.4) is 0 Å². The first kappa shape index (κ1) is 13.9. The van der Waals surface area contributed by atoms with Crippen LogP contribution in [-0.2, 0) is 10.2 Å². The molecule has 0 bridgehead atoms. The molecule has 0 saturated carbocycles. The zero-order valence-corrected chi connectivity index (χ0v) is 10.8. The van der Waals surface area contributed by atoms with Gasteiger partial charge in [0, 0.05) is 19.6 Å². The molecule has 16 heavy (non-hydrogen) atoms. The maximum atomic E-state index is 11.8. The first-order valence-electron chi connectivity index (χ1n) is 5.88. The van der Waals surface area contributed by atoms with E-state index in [1.165, 1.54) is 4.31 Å². The number of rotatable bonds is 5. The van der Waals surface area contributed by atoms with Gasteiger partial charge in [-0.2, -0.15) is 17.4 Å². The van der Waals surface area contributed by atoms with E-state index in [0.29, 0.717) is 25.4 Å². The van der Waals surface area contributed by atoms with Crippen LogP contribution < -0.4 is 4.72 Å². The van der Waals surface area contributed by atoms with Gasteiger partial charge in [0.25, 0.3) is 10.2 Å². The first-order chi connectivity index (χ1) is 7.45. The second-order valence-corrected chi connectivity index (χ2v) is 6.25. The molecule has 0 aliphatic carbocycles. The summed E-state index contributed by atoms with van der Waals surface area (Å²) in [4.78, 5) is 0. The van der Waals surface area contributed by atoms with Crippen molar-refractivity contribution in [2.45, 2.75) is 39.2 Å². The molecule has 0 aromatic carbocycles. The first-order valence-corrected chi connectivity index (χ1v) is 7.32. The second kappa shape index (κ2) is 5.95. The summed E-state index contributed by atoms with van der Waals surface area (Å²) in [7, 11) is -3.39. The maximum Gasteiger partial charge on any atom is 0.279 e. The Kier molecular flexibility index (Phi) is 5.17. The summed E-state index contributed by atoms with van der Waals surface area (Å²) in [6.07, 6.45) is 1.78. The van der Waals surface area contributed by atoms with Crippen LogP contribution in [0.15, 0.2) is 0 Å². The minimum atomic E-state index is -3.39. The van der Waals surface area contributed by atoms with Crippen molar-refractivity contribution in [2.75, 3.05) is 19.6 Å². The molecule has 0 amide bonds. The van der Waals surface area contributed by atoms with E-state index in [1.807, 2.05) is 6.92 Å². The van der Waals surface area contributed by atoms with Crippen molar-refractivity contribution in [1.82, 2.24) is 9.03 Å². The van der Waals surface area contributed by atoms with Gasteiger partial charge in [-0.3, -0.25) is 0 Å². The van der Waals surface area contributed by atoms with Crippen LogP contribution in [-0.4, -0.2) is 43.6 Å². The van der Waals surface area contributed by atoms with Crippen molar-refractivity contribution in [2.24, 2.45) is 5.92 Å². The molecule has 1 aliphatic rings. The summed E-state index contributed by atoms with van der Waals surface area (Å²) in [6.45, 7) is 5.22. The summed E-state index contributed by atoms with van der Waals surface area (Å²) in [6, 6.07) is 0. The topological polar surface area (TPSA) is 69.6 Å². The Bertz CT molecular complexity index is 297. The third-order valence-corrected chi connectivity index (χ3v) is 4.63. The standard InChI is InChI=1S/C10H22N2O3S/c1-3-10(13)8-11-16(14,15)12-6-4-9(2)5-7-12/h9-11,13H,3-8H2,1-2H3. The molecule has 1 heterocycles. The molecular weight excluding hydrogens is 228 g/mol. The zero-order valence-electron chi connectivity index (χ0n) is 10.0. The fourth-order valence-corrected chi connectivity index (χ4v) is 2.94. The highest BCUT2D eigenvalue weighted by molar-refractivity contribution is 7.87. The molecule has 1 atom stereocenters. The van der Waals surface area contributed by atoms with Crippen LogP contribution in [0.4, 0.5) is 0 Å². The third-order valence-electron chi connectivity index (χ3n) is 3.06. The van der Waals surface area contributed by atoms with Crippen molar-refractivity contribution in [1.29, 1.82) is 0 Å². The zero-order chi connectivity index (χ0) is 12.2. The summed E-state index contributed by atoms with van der Waals surface area (Å²) in [5.74, 6) is 0.604. The highest BCUT2D eigenvalue weighted by Gasteiger charge is 2.26. The van der Waals surface area contributed by atoms with E-state index in [-0.39, 0.29) is 6.54 Å². The van der Waals surface area contributed by atoms with Crippen LogP contribution in [0.1, 0.15) is 33.1 Å². The number of hydrogen-bond acceptors (Lipinski definition) is 3. The monoisotopic (exact) mass is 250 g/mol. The quantitative estimate of drug-likeness (QED) is 0.738. The van der Waals surface area contributed by atoms with Gasteiger partial charge < -0.3 is 5.11 Å². The van der Waals surface area contributed by atoms with Gasteiger partial charge in [-0.1, -0.05) is 13.8 Å². The Hall–Kier alpha value is -0.170. The highest BCUT2D eigenvalue weighted by atomic mass is 32.2. The Labute approximate surface area is 98.0 Å². The molecule has 0 spiro atoms. The van der Waals surface area contributed by atoms with Crippen LogP contribution in [0.5, 0.6) is 0 Å². The lowest BCUT2D eigenvalue weighted by Crippen LogP contribution is -2.46. The lowest BCUT2D eigenvalue weighted by atomic mass is 10.0. The van der Waals surface area contributed by atoms with Crippen LogP contribution in [0.2, 0.25) is 0 Å². The van der Waals surface area contributed by atoms with Crippen LogP contribution in [0, 0.1) is 5.92 Å². The van der Waals surface area contributed by atoms with Crippen molar-refractivity contribution < 1.29 is 13.5 Å². The molecule has 1 saturated heterocycles. The van der Waals surface area contributed by atoms with Gasteiger partial charge in [0.2, 0.25) is 0 Å². The van der Waals surface area contributed by atoms with Gasteiger partial charge in [-0.05, 0) is 25.2 Å². The Morgan fingerprint density at radius 2 is 2.00 bits per heavy atom. The third kappa shape index (κ3) is 4.01. The molecule has 6 heteroatoms. The number of nitrogens with one attached hydrogen (secondary N) is 1. The summed E-state index contributed by atoms with van der Waals surface area (Å²) in [5, 5.41) is 9.32. The minimum Gasteiger partial charge on any atom is -0.392 e. The van der Waals surface area contributed by atoms with Gasteiger partial charge >= 0.3 is 0 Å². The molecular formula is C10H22N2O3S. The maximum absolute atomic E-state index is 11.8. The van der Waals surface area contributed by atoms with E-state index in [1.54, 1.807) is 0 Å². The fraction of sp³-hybridized carbons (Fsp3) is 1.00. The summed E-state index contributed by atoms with van der Waals surface area (Å²) >= 11 is 0. The van der Waals surface area contributed by atoms with Gasteiger partial charge in [-0.25, -0.2) is 0 Å². The van der Waals surface area contributed by atoms with Gasteiger partial charge in [0.1, 0.15) is 0 Å². The van der Waals surface area contributed by atoms with E-state index >= 15 is 0 Å². The Morgan fingerprint density at radius 1 is 1.44 bits per heavy atom. The van der Waals surface area contributed by atoms with Gasteiger partial charge in [0.15, 0.2) is 0 Å². The molecule has 2 N–H and O–H groups in total. The molecule has 0 aromatic heterocycles. The SMILES string of the molecule is CCC(O)CNS(=O)(=O)N1CCC(C)CC1. The normalized spacial score (nSPS) is 22.2. The van der Waals surface area contributed by atoms with E-state index in [9.17, 15) is 13.5 Å². The summed E-state index contributed by atoms with van der Waals surface area (Å²) < 4.78 is 27.5. The Morgan fingerprint density at radius 3 is 2.50 bits per heavy atom. The van der Waals surface area contributed by atoms with Crippen molar-refractivity contribution in [3.63, 3.8) is 0 Å². The highest BCUT2D eigenvalue weighted by Crippen LogP contribution is 2.17. The molecule has 1 rings (SSSR count). The van der Waals surface area contributed by atoms with Crippen molar-refractivity contribution in [3.8, 4) is 0 Å². The molecule has 96 valence electrons. The number of hydrogen-bond donors (Lipinski definition) is 2. The molecule has 5 nitrogen and oxygen atoms in total. The second-order valence-electron chi connectivity index (χ2n) is 4.50. The molecule has 0 aromatic rings. The number of aliphatic hydroxyl groups excluding tert-OH is 1. The largest absolute Gasteiger partial charge is 0.392 e. The lowest BCUT2D eigenvalue weighted by Gasteiger charge is -2.29. The minimum absolute atomic E-state index is 0.102.